The van der Waals surface area contributed by atoms with Gasteiger partial charge in [-0.25, -0.2) is 13.1 Å². The minimum absolute atomic E-state index is 0.338. The molecule has 118 valence electrons. The highest BCUT2D eigenvalue weighted by molar-refractivity contribution is 7.90. The third kappa shape index (κ3) is 5.01. The van der Waals surface area contributed by atoms with Gasteiger partial charge < -0.3 is 5.32 Å². The van der Waals surface area contributed by atoms with Crippen molar-refractivity contribution in [1.29, 1.82) is 0 Å². The molecular weight excluding hydrogens is 272 g/mol. The number of hydrogen-bond donors (Lipinski definition) is 2. The third-order valence-electron chi connectivity index (χ3n) is 4.92. The van der Waals surface area contributed by atoms with Gasteiger partial charge in [-0.1, -0.05) is 26.2 Å². The summed E-state index contributed by atoms with van der Waals surface area (Å²) in [5.41, 5.74) is 0. The number of nitrogens with one attached hydrogen (secondary N) is 2. The first-order chi connectivity index (χ1) is 9.51. The first-order valence-electron chi connectivity index (χ1n) is 8.23. The van der Waals surface area contributed by atoms with Crippen molar-refractivity contribution < 1.29 is 8.42 Å². The molecule has 0 aromatic carbocycles. The fourth-order valence-electron chi connectivity index (χ4n) is 2.95. The van der Waals surface area contributed by atoms with Crippen LogP contribution in [0.3, 0.4) is 0 Å². The van der Waals surface area contributed by atoms with Crippen LogP contribution in [0, 0.1) is 11.8 Å². The molecule has 1 unspecified atom stereocenters. The Morgan fingerprint density at radius 1 is 1.05 bits per heavy atom. The van der Waals surface area contributed by atoms with Crippen LogP contribution in [0.1, 0.15) is 58.8 Å². The molecule has 0 radical (unpaired) electrons. The molecule has 0 aromatic heterocycles. The molecule has 0 spiro atoms. The standard InChI is InChI=1S/C15H30N2O2S/c1-3-13-4-6-14(7-5-13)11-17-20(18,19)12(2)10-16-15-8-9-15/h12-17H,3-11H2,1-2H3. The first kappa shape index (κ1) is 16.2. The second-order valence-corrected chi connectivity index (χ2v) is 8.87. The van der Waals surface area contributed by atoms with Crippen LogP contribution in [-0.4, -0.2) is 32.8 Å². The van der Waals surface area contributed by atoms with Crippen LogP contribution < -0.4 is 10.0 Å². The topological polar surface area (TPSA) is 58.2 Å². The van der Waals surface area contributed by atoms with Crippen LogP contribution in [0.15, 0.2) is 0 Å². The molecule has 0 aliphatic heterocycles. The van der Waals surface area contributed by atoms with E-state index in [1.807, 2.05) is 0 Å². The van der Waals surface area contributed by atoms with Crippen LogP contribution in [0.5, 0.6) is 0 Å². The fourth-order valence-corrected chi connectivity index (χ4v) is 4.02. The zero-order chi connectivity index (χ0) is 14.6. The minimum atomic E-state index is -3.16. The van der Waals surface area contributed by atoms with E-state index in [1.165, 1.54) is 44.9 Å². The molecule has 2 rings (SSSR count). The monoisotopic (exact) mass is 302 g/mol. The van der Waals surface area contributed by atoms with Crippen molar-refractivity contribution in [3.8, 4) is 0 Å². The molecule has 2 N–H and O–H groups in total. The maximum atomic E-state index is 12.2. The van der Waals surface area contributed by atoms with Gasteiger partial charge in [-0.05, 0) is 44.4 Å². The molecule has 0 amide bonds. The molecule has 2 saturated carbocycles. The van der Waals surface area contributed by atoms with Gasteiger partial charge in [0.25, 0.3) is 0 Å². The largest absolute Gasteiger partial charge is 0.313 e. The van der Waals surface area contributed by atoms with Crippen molar-refractivity contribution in [3.05, 3.63) is 0 Å². The van der Waals surface area contributed by atoms with Crippen LogP contribution in [-0.2, 0) is 10.0 Å². The maximum Gasteiger partial charge on any atom is 0.215 e. The molecule has 2 fully saturated rings. The quantitative estimate of drug-likeness (QED) is 0.723. The van der Waals surface area contributed by atoms with E-state index in [-0.39, 0.29) is 5.25 Å². The van der Waals surface area contributed by atoms with Crippen molar-refractivity contribution in [2.45, 2.75) is 70.1 Å². The molecule has 0 saturated heterocycles. The van der Waals surface area contributed by atoms with E-state index < -0.39 is 10.0 Å². The summed E-state index contributed by atoms with van der Waals surface area (Å²) in [6.07, 6.45) is 8.54. The van der Waals surface area contributed by atoms with E-state index in [0.29, 0.717) is 25.0 Å². The lowest BCUT2D eigenvalue weighted by molar-refractivity contribution is 0.270. The van der Waals surface area contributed by atoms with Gasteiger partial charge in [0.2, 0.25) is 10.0 Å². The summed E-state index contributed by atoms with van der Waals surface area (Å²) in [5, 5.41) is 2.96. The van der Waals surface area contributed by atoms with Crippen LogP contribution >= 0.6 is 0 Å². The van der Waals surface area contributed by atoms with Gasteiger partial charge in [-0.2, -0.15) is 0 Å². The van der Waals surface area contributed by atoms with Gasteiger partial charge in [0.15, 0.2) is 0 Å². The minimum Gasteiger partial charge on any atom is -0.313 e. The zero-order valence-electron chi connectivity index (χ0n) is 12.9. The first-order valence-corrected chi connectivity index (χ1v) is 9.77. The van der Waals surface area contributed by atoms with Crippen molar-refractivity contribution in [2.75, 3.05) is 13.1 Å². The molecule has 2 aliphatic carbocycles. The molecule has 5 heteroatoms. The summed E-state index contributed by atoms with van der Waals surface area (Å²) in [6, 6.07) is 0.567. The van der Waals surface area contributed by atoms with Gasteiger partial charge in [0.1, 0.15) is 0 Å². The maximum absolute atomic E-state index is 12.2. The lowest BCUT2D eigenvalue weighted by Crippen LogP contribution is -2.41. The number of sulfonamides is 1. The van der Waals surface area contributed by atoms with Crippen molar-refractivity contribution in [1.82, 2.24) is 10.0 Å². The van der Waals surface area contributed by atoms with E-state index in [9.17, 15) is 8.42 Å². The Bertz CT molecular complexity index is 385. The Balaban J connectivity index is 1.68. The molecule has 4 nitrogen and oxygen atoms in total. The summed E-state index contributed by atoms with van der Waals surface area (Å²) in [6.45, 7) is 5.25. The molecule has 0 aromatic rings. The zero-order valence-corrected chi connectivity index (χ0v) is 13.7. The molecule has 2 aliphatic rings. The van der Waals surface area contributed by atoms with E-state index in [0.717, 1.165) is 5.92 Å². The van der Waals surface area contributed by atoms with Crippen molar-refractivity contribution in [3.63, 3.8) is 0 Å². The summed E-state index contributed by atoms with van der Waals surface area (Å²) in [4.78, 5) is 0. The second kappa shape index (κ2) is 7.23. The van der Waals surface area contributed by atoms with Gasteiger partial charge in [0, 0.05) is 19.1 Å². The highest BCUT2D eigenvalue weighted by Gasteiger charge is 2.27. The summed E-state index contributed by atoms with van der Waals surface area (Å²) in [5.74, 6) is 1.40. The smallest absolute Gasteiger partial charge is 0.215 e. The molecular formula is C15H30N2O2S. The Hall–Kier alpha value is -0.130. The lowest BCUT2D eigenvalue weighted by atomic mass is 9.81. The Labute approximate surface area is 124 Å². The summed E-state index contributed by atoms with van der Waals surface area (Å²) < 4.78 is 27.2. The molecule has 20 heavy (non-hydrogen) atoms. The van der Waals surface area contributed by atoms with Crippen LogP contribution in [0.2, 0.25) is 0 Å². The van der Waals surface area contributed by atoms with Gasteiger partial charge in [-0.3, -0.25) is 0 Å². The third-order valence-corrected chi connectivity index (χ3v) is 6.71. The lowest BCUT2D eigenvalue weighted by Gasteiger charge is -2.28. The predicted octanol–water partition coefficient (Wildman–Crippen LogP) is 2.26. The van der Waals surface area contributed by atoms with Gasteiger partial charge >= 0.3 is 0 Å². The summed E-state index contributed by atoms with van der Waals surface area (Å²) in [7, 11) is -3.16. The van der Waals surface area contributed by atoms with E-state index in [1.54, 1.807) is 6.92 Å². The number of rotatable bonds is 8. The van der Waals surface area contributed by atoms with Crippen LogP contribution in [0.4, 0.5) is 0 Å². The molecule has 0 bridgehead atoms. The average Bonchev–Trinajstić information content (AvgIpc) is 3.27. The molecule has 0 heterocycles. The van der Waals surface area contributed by atoms with Crippen molar-refractivity contribution >= 4 is 10.0 Å². The Morgan fingerprint density at radius 2 is 1.65 bits per heavy atom. The normalized spacial score (nSPS) is 29.3. The number of hydrogen-bond acceptors (Lipinski definition) is 3. The van der Waals surface area contributed by atoms with Crippen LogP contribution in [0.25, 0.3) is 0 Å². The van der Waals surface area contributed by atoms with Crippen molar-refractivity contribution in [2.24, 2.45) is 11.8 Å². The fraction of sp³-hybridized carbons (Fsp3) is 1.00. The van der Waals surface area contributed by atoms with Gasteiger partial charge in [0.05, 0.1) is 5.25 Å². The summed E-state index contributed by atoms with van der Waals surface area (Å²) >= 11 is 0. The SMILES string of the molecule is CCC1CCC(CNS(=O)(=O)C(C)CNC2CC2)CC1. The van der Waals surface area contributed by atoms with Gasteiger partial charge in [-0.15, -0.1) is 0 Å². The highest BCUT2D eigenvalue weighted by Crippen LogP contribution is 2.30. The predicted molar refractivity (Wildman–Crippen MR) is 83.1 cm³/mol. The average molecular weight is 302 g/mol. The second-order valence-electron chi connectivity index (χ2n) is 6.68. The van der Waals surface area contributed by atoms with E-state index in [4.69, 9.17) is 0 Å². The Morgan fingerprint density at radius 3 is 2.20 bits per heavy atom. The Kier molecular flexibility index (Phi) is 5.87. The highest BCUT2D eigenvalue weighted by atomic mass is 32.2. The molecule has 1 atom stereocenters. The van der Waals surface area contributed by atoms with E-state index in [2.05, 4.69) is 17.0 Å². The van der Waals surface area contributed by atoms with E-state index >= 15 is 0 Å².